The number of hydrogen-bond donors (Lipinski definition) is 5. The minimum atomic E-state index is -0.242. The Bertz CT molecular complexity index is 816. The quantitative estimate of drug-likeness (QED) is 0.307. The van der Waals surface area contributed by atoms with E-state index in [9.17, 15) is 9.90 Å². The molecule has 5 N–H and O–H groups in total. The lowest BCUT2D eigenvalue weighted by Crippen LogP contribution is -2.68. The number of amides is 1. The summed E-state index contributed by atoms with van der Waals surface area (Å²) in [5, 5.41) is 24.5. The lowest BCUT2D eigenvalue weighted by atomic mass is 9.68. The monoisotopic (exact) mass is 580 g/mol. The van der Waals surface area contributed by atoms with E-state index in [1.54, 1.807) is 0 Å². The summed E-state index contributed by atoms with van der Waals surface area (Å²) >= 11 is 3.80. The highest BCUT2D eigenvalue weighted by atomic mass is 79.9. The summed E-state index contributed by atoms with van der Waals surface area (Å²) in [7, 11) is 0. The van der Waals surface area contributed by atoms with Gasteiger partial charge < -0.3 is 15.3 Å². The van der Waals surface area contributed by atoms with Crippen molar-refractivity contribution < 1.29 is 9.90 Å². The van der Waals surface area contributed by atoms with Crippen LogP contribution in [0.15, 0.2) is 0 Å². The van der Waals surface area contributed by atoms with Crippen LogP contribution in [0.3, 0.4) is 0 Å². The van der Waals surface area contributed by atoms with E-state index in [1.165, 1.54) is 25.7 Å². The van der Waals surface area contributed by atoms with Crippen LogP contribution in [-0.2, 0) is 4.79 Å². The number of aliphatic hydroxyl groups excluding tert-OH is 1. The molecule has 11 atom stereocenters. The summed E-state index contributed by atoms with van der Waals surface area (Å²) in [5.41, 5.74) is 3.94. The molecule has 8 nitrogen and oxygen atoms in total. The first-order valence-electron chi connectivity index (χ1n) is 15.4. The highest BCUT2D eigenvalue weighted by Gasteiger charge is 2.55. The molecular formula is C28H49BrN6O2. The molecule has 0 aromatic rings. The molecule has 4 heterocycles. The number of nitrogens with one attached hydrogen (secondary N) is 4. The summed E-state index contributed by atoms with van der Waals surface area (Å²) in [4.78, 5) is 16.7. The van der Waals surface area contributed by atoms with Crippen LogP contribution in [0, 0.1) is 17.8 Å². The number of piperidine rings is 2. The van der Waals surface area contributed by atoms with Crippen molar-refractivity contribution in [2.75, 3.05) is 19.8 Å². The molecule has 0 bridgehead atoms. The summed E-state index contributed by atoms with van der Waals surface area (Å²) in [5.74, 6) is 2.26. The molecule has 9 heteroatoms. The lowest BCUT2D eigenvalue weighted by Gasteiger charge is -2.49. The molecule has 4 saturated heterocycles. The molecule has 2 saturated carbocycles. The van der Waals surface area contributed by atoms with Crippen LogP contribution < -0.4 is 21.4 Å². The van der Waals surface area contributed by atoms with Gasteiger partial charge in [-0.25, -0.2) is 5.01 Å². The second-order valence-corrected chi connectivity index (χ2v) is 14.0. The Kier molecular flexibility index (Phi) is 8.22. The van der Waals surface area contributed by atoms with Crippen molar-refractivity contribution in [1.82, 2.24) is 31.3 Å². The summed E-state index contributed by atoms with van der Waals surface area (Å²) < 4.78 is 0. The zero-order valence-corrected chi connectivity index (χ0v) is 24.3. The first kappa shape index (κ1) is 26.9. The van der Waals surface area contributed by atoms with Crippen LogP contribution in [0.25, 0.3) is 0 Å². The summed E-state index contributed by atoms with van der Waals surface area (Å²) in [6.07, 6.45) is 11.4. The number of hydrogen-bond acceptors (Lipinski definition) is 7. The molecule has 0 spiro atoms. The molecular weight excluding hydrogens is 532 g/mol. The molecule has 37 heavy (non-hydrogen) atoms. The fourth-order valence-electron chi connectivity index (χ4n) is 8.97. The number of likely N-dealkylation sites (tertiary alicyclic amines) is 1. The molecule has 0 radical (unpaired) electrons. The third kappa shape index (κ3) is 4.82. The first-order valence-corrected chi connectivity index (χ1v) is 16.3. The van der Waals surface area contributed by atoms with Gasteiger partial charge >= 0.3 is 0 Å². The van der Waals surface area contributed by atoms with Gasteiger partial charge in [-0.15, -0.1) is 0 Å². The van der Waals surface area contributed by atoms with Crippen LogP contribution in [0.4, 0.5) is 0 Å². The summed E-state index contributed by atoms with van der Waals surface area (Å²) in [6, 6.07) is 1.43. The van der Waals surface area contributed by atoms with Crippen LogP contribution in [0.5, 0.6) is 0 Å². The van der Waals surface area contributed by atoms with Gasteiger partial charge in [-0.2, -0.15) is 0 Å². The van der Waals surface area contributed by atoms with Gasteiger partial charge in [0.2, 0.25) is 5.91 Å². The number of alkyl halides is 1. The number of hydrazine groups is 1. The highest BCUT2D eigenvalue weighted by Crippen LogP contribution is 2.45. The van der Waals surface area contributed by atoms with Crippen molar-refractivity contribution in [3.63, 3.8) is 0 Å². The Balaban J connectivity index is 1.18. The maximum Gasteiger partial charge on any atom is 0.241 e. The Hall–Kier alpha value is -0.290. The highest BCUT2D eigenvalue weighted by molar-refractivity contribution is 9.09. The van der Waals surface area contributed by atoms with Crippen molar-refractivity contribution in [1.29, 1.82) is 0 Å². The van der Waals surface area contributed by atoms with E-state index in [-0.39, 0.29) is 42.2 Å². The number of nitrogens with zero attached hydrogens (tertiary/aromatic N) is 2. The molecule has 11 unspecified atom stereocenters. The van der Waals surface area contributed by atoms with E-state index in [0.29, 0.717) is 22.8 Å². The molecule has 6 rings (SSSR count). The smallest absolute Gasteiger partial charge is 0.241 e. The van der Waals surface area contributed by atoms with E-state index < -0.39 is 0 Å². The molecule has 6 aliphatic rings. The van der Waals surface area contributed by atoms with Gasteiger partial charge in [0.05, 0.1) is 12.1 Å². The minimum absolute atomic E-state index is 0.117. The molecule has 2 aliphatic carbocycles. The number of fused-ring (bicyclic) bond motifs is 2. The van der Waals surface area contributed by atoms with E-state index in [4.69, 9.17) is 0 Å². The van der Waals surface area contributed by atoms with Gasteiger partial charge in [-0.05, 0) is 50.4 Å². The van der Waals surface area contributed by atoms with Gasteiger partial charge in [0, 0.05) is 60.7 Å². The van der Waals surface area contributed by atoms with Crippen molar-refractivity contribution in [3.8, 4) is 0 Å². The predicted molar refractivity (Wildman–Crippen MR) is 149 cm³/mol. The number of carbonyl (C=O) groups excluding carboxylic acids is 1. The Labute approximate surface area is 231 Å². The van der Waals surface area contributed by atoms with Crippen LogP contribution in [0.1, 0.15) is 78.1 Å². The number of halogens is 1. The van der Waals surface area contributed by atoms with Gasteiger partial charge in [0.15, 0.2) is 0 Å². The fourth-order valence-corrected chi connectivity index (χ4v) is 9.67. The average Bonchev–Trinajstić information content (AvgIpc) is 3.49. The lowest BCUT2D eigenvalue weighted by molar-refractivity contribution is -0.142. The van der Waals surface area contributed by atoms with Crippen molar-refractivity contribution in [2.24, 2.45) is 17.8 Å². The second kappa shape index (κ2) is 11.3. The number of rotatable bonds is 6. The predicted octanol–water partition coefficient (Wildman–Crippen LogP) is 1.92. The third-order valence-corrected chi connectivity index (χ3v) is 11.9. The van der Waals surface area contributed by atoms with Crippen LogP contribution in [0.2, 0.25) is 0 Å². The second-order valence-electron chi connectivity index (χ2n) is 12.8. The molecule has 210 valence electrons. The van der Waals surface area contributed by atoms with Gasteiger partial charge in [0.1, 0.15) is 6.04 Å². The Morgan fingerprint density at radius 3 is 2.51 bits per heavy atom. The Morgan fingerprint density at radius 1 is 1.00 bits per heavy atom. The molecule has 1 amide bonds. The maximum absolute atomic E-state index is 14.1. The molecule has 4 aliphatic heterocycles. The largest absolute Gasteiger partial charge is 0.391 e. The Morgan fingerprint density at radius 2 is 1.81 bits per heavy atom. The van der Waals surface area contributed by atoms with E-state index in [0.717, 1.165) is 70.1 Å². The zero-order chi connectivity index (χ0) is 25.7. The fraction of sp³-hybridized carbons (Fsp3) is 0.964. The first-order chi connectivity index (χ1) is 18.0. The van der Waals surface area contributed by atoms with Gasteiger partial charge in [-0.1, -0.05) is 55.5 Å². The van der Waals surface area contributed by atoms with Crippen molar-refractivity contribution in [2.45, 2.75) is 131 Å². The van der Waals surface area contributed by atoms with E-state index >= 15 is 0 Å². The van der Waals surface area contributed by atoms with Crippen molar-refractivity contribution >= 4 is 21.8 Å². The van der Waals surface area contributed by atoms with Crippen molar-refractivity contribution in [3.05, 3.63) is 0 Å². The standard InChI is InChI=1S/C28H49BrN6O2/c1-3-6-19-24-20(4-2)34(28(37)27-26-25(31-15-32-26)18(29)14-30-27)12-11-22(24)35(33-19)21-10-9-17(13-23(21)36)16-7-5-8-16/h16-27,30-33,36H,3-15H2,1-2H3. The topological polar surface area (TPSA) is 91.9 Å². The minimum Gasteiger partial charge on any atom is -0.391 e. The maximum atomic E-state index is 14.1. The average molecular weight is 582 g/mol. The third-order valence-electron chi connectivity index (χ3n) is 11.0. The van der Waals surface area contributed by atoms with Gasteiger partial charge in [0.25, 0.3) is 0 Å². The normalized spacial score (nSPS) is 46.9. The molecule has 6 fully saturated rings. The van der Waals surface area contributed by atoms with Gasteiger partial charge in [-0.3, -0.25) is 20.9 Å². The van der Waals surface area contributed by atoms with E-state index in [1.807, 2.05) is 0 Å². The van der Waals surface area contributed by atoms with E-state index in [2.05, 4.69) is 61.1 Å². The number of aliphatic hydroxyl groups is 1. The molecule has 0 aromatic carbocycles. The summed E-state index contributed by atoms with van der Waals surface area (Å²) in [6.45, 7) is 6.90. The zero-order valence-electron chi connectivity index (χ0n) is 22.7. The SMILES string of the molecule is CCCC1NN(C2CCC(C3CCC3)CC2O)C2CCN(C(=O)C3NCC(Br)C4NCNC34)C(CC)C12. The number of carbonyl (C=O) groups is 1. The van der Waals surface area contributed by atoms with Crippen LogP contribution >= 0.6 is 15.9 Å². The van der Waals surface area contributed by atoms with Crippen LogP contribution in [-0.4, -0.2) is 93.9 Å². The molecule has 0 aromatic heterocycles.